The summed E-state index contributed by atoms with van der Waals surface area (Å²) in [5.74, 6) is -1.76. The number of ketones is 1. The van der Waals surface area contributed by atoms with Gasteiger partial charge in [0.05, 0.1) is 0 Å². The van der Waals surface area contributed by atoms with Gasteiger partial charge in [-0.25, -0.2) is 9.59 Å². The van der Waals surface area contributed by atoms with Crippen molar-refractivity contribution >= 4 is 34.6 Å². The van der Waals surface area contributed by atoms with Crippen molar-refractivity contribution in [2.45, 2.75) is 32.4 Å². The number of carbonyl (C=O) groups excluding carboxylic acids is 3. The average Bonchev–Trinajstić information content (AvgIpc) is 2.96. The summed E-state index contributed by atoms with van der Waals surface area (Å²) in [7, 11) is 0. The van der Waals surface area contributed by atoms with E-state index in [0.717, 1.165) is 10.9 Å². The zero-order chi connectivity index (χ0) is 20.0. The van der Waals surface area contributed by atoms with Crippen molar-refractivity contribution in [1.82, 2.24) is 15.2 Å². The van der Waals surface area contributed by atoms with E-state index in [1.165, 1.54) is 6.92 Å². The Morgan fingerprint density at radius 1 is 1.22 bits per heavy atom. The fourth-order valence-corrected chi connectivity index (χ4v) is 2.83. The van der Waals surface area contributed by atoms with Crippen molar-refractivity contribution in [2.75, 3.05) is 6.54 Å². The van der Waals surface area contributed by atoms with Gasteiger partial charge in [0.25, 0.3) is 0 Å². The van der Waals surface area contributed by atoms with Gasteiger partial charge in [-0.2, -0.15) is 0 Å². The lowest BCUT2D eigenvalue weighted by Gasteiger charge is -2.15. The third-order valence-electron chi connectivity index (χ3n) is 4.08. The number of benzene rings is 1. The summed E-state index contributed by atoms with van der Waals surface area (Å²) < 4.78 is 1.62. The highest BCUT2D eigenvalue weighted by molar-refractivity contribution is 6.07. The minimum Gasteiger partial charge on any atom is -0.480 e. The van der Waals surface area contributed by atoms with Gasteiger partial charge in [0.2, 0.25) is 5.91 Å². The molecule has 2 rings (SSSR count). The monoisotopic (exact) mass is 374 g/mol. The number of aliphatic carboxylic acids is 1. The summed E-state index contributed by atoms with van der Waals surface area (Å²) in [5, 5.41) is 14.8. The van der Waals surface area contributed by atoms with Crippen LogP contribution in [0.15, 0.2) is 30.5 Å². The average molecular weight is 374 g/mol. The zero-order valence-electron chi connectivity index (χ0n) is 14.9. The van der Waals surface area contributed by atoms with E-state index in [4.69, 9.17) is 5.73 Å². The molecule has 0 radical (unpaired) electrons. The van der Waals surface area contributed by atoms with Gasteiger partial charge in [0.1, 0.15) is 12.6 Å². The number of nitrogens with zero attached hydrogens (tertiary/aromatic N) is 1. The molecule has 1 heterocycles. The van der Waals surface area contributed by atoms with Crippen LogP contribution in [0.1, 0.15) is 30.1 Å². The van der Waals surface area contributed by atoms with E-state index in [0.29, 0.717) is 12.0 Å². The first-order valence-corrected chi connectivity index (χ1v) is 8.44. The van der Waals surface area contributed by atoms with Crippen molar-refractivity contribution in [1.29, 1.82) is 0 Å². The first kappa shape index (κ1) is 20.0. The Kier molecular flexibility index (Phi) is 6.53. The number of nitrogens with two attached hydrogens (primary N) is 1. The summed E-state index contributed by atoms with van der Waals surface area (Å²) in [6.07, 6.45) is 2.09. The van der Waals surface area contributed by atoms with Crippen LogP contribution in [-0.4, -0.2) is 46.0 Å². The molecule has 0 bridgehead atoms. The van der Waals surface area contributed by atoms with Crippen molar-refractivity contribution in [3.05, 3.63) is 36.0 Å². The molecule has 3 amide bonds. The van der Waals surface area contributed by atoms with Crippen LogP contribution in [0.2, 0.25) is 0 Å². The molecule has 9 nitrogen and oxygen atoms in total. The quantitative estimate of drug-likeness (QED) is 0.380. The van der Waals surface area contributed by atoms with Gasteiger partial charge in [-0.3, -0.25) is 9.59 Å². The van der Waals surface area contributed by atoms with E-state index in [1.807, 2.05) is 0 Å². The molecule has 1 aromatic heterocycles. The smallest absolute Gasteiger partial charge is 0.326 e. The van der Waals surface area contributed by atoms with Crippen LogP contribution in [0, 0.1) is 0 Å². The number of rotatable bonds is 9. The fourth-order valence-electron chi connectivity index (χ4n) is 2.83. The molecule has 9 heteroatoms. The predicted molar refractivity (Wildman–Crippen MR) is 98.3 cm³/mol. The fraction of sp³-hybridized carbons (Fsp3) is 0.333. The van der Waals surface area contributed by atoms with Gasteiger partial charge >= 0.3 is 12.0 Å². The minimum absolute atomic E-state index is 0.114. The van der Waals surface area contributed by atoms with Gasteiger partial charge in [0.15, 0.2) is 5.78 Å². The maximum atomic E-state index is 12.3. The van der Waals surface area contributed by atoms with Crippen LogP contribution < -0.4 is 16.4 Å². The molecule has 1 aromatic carbocycles. The van der Waals surface area contributed by atoms with Crippen molar-refractivity contribution in [3.63, 3.8) is 0 Å². The lowest BCUT2D eigenvalue weighted by molar-refractivity contribution is -0.142. The summed E-state index contributed by atoms with van der Waals surface area (Å²) in [4.78, 5) is 46.1. The van der Waals surface area contributed by atoms with Gasteiger partial charge in [0, 0.05) is 29.2 Å². The van der Waals surface area contributed by atoms with Crippen molar-refractivity contribution < 1.29 is 24.3 Å². The SMILES string of the molecule is CC(=O)c1cn(CC(=O)N[C@@H](CCCNC(N)=O)C(=O)O)c2ccccc12. The predicted octanol–water partition coefficient (Wildman–Crippen LogP) is 0.862. The number of amides is 3. The van der Waals surface area contributed by atoms with Crippen molar-refractivity contribution in [2.24, 2.45) is 5.73 Å². The van der Waals surface area contributed by atoms with E-state index in [-0.39, 0.29) is 25.3 Å². The molecule has 2 aromatic rings. The van der Waals surface area contributed by atoms with E-state index in [9.17, 15) is 24.3 Å². The number of urea groups is 1. The topological polar surface area (TPSA) is 144 Å². The highest BCUT2D eigenvalue weighted by atomic mass is 16.4. The first-order valence-electron chi connectivity index (χ1n) is 8.44. The number of hydrogen-bond donors (Lipinski definition) is 4. The molecule has 1 atom stereocenters. The van der Waals surface area contributed by atoms with Crippen molar-refractivity contribution in [3.8, 4) is 0 Å². The molecule has 144 valence electrons. The Hall–Kier alpha value is -3.36. The lowest BCUT2D eigenvalue weighted by Crippen LogP contribution is -2.42. The number of para-hydroxylation sites is 1. The molecule has 0 aliphatic carbocycles. The normalized spacial score (nSPS) is 11.7. The van der Waals surface area contributed by atoms with Gasteiger partial charge < -0.3 is 26.0 Å². The second-order valence-electron chi connectivity index (χ2n) is 6.14. The summed E-state index contributed by atoms with van der Waals surface area (Å²) >= 11 is 0. The Labute approximate surface area is 155 Å². The number of carbonyl (C=O) groups is 4. The highest BCUT2D eigenvalue weighted by Gasteiger charge is 2.20. The summed E-state index contributed by atoms with van der Waals surface area (Å²) in [6.45, 7) is 1.56. The Morgan fingerprint density at radius 3 is 2.56 bits per heavy atom. The van der Waals surface area contributed by atoms with Crippen LogP contribution in [-0.2, 0) is 16.1 Å². The third kappa shape index (κ3) is 5.30. The minimum atomic E-state index is -1.16. The van der Waals surface area contributed by atoms with Gasteiger partial charge in [-0.15, -0.1) is 0 Å². The largest absolute Gasteiger partial charge is 0.480 e. The number of primary amides is 1. The van der Waals surface area contributed by atoms with Crippen LogP contribution in [0.5, 0.6) is 0 Å². The molecule has 0 aliphatic rings. The summed E-state index contributed by atoms with van der Waals surface area (Å²) in [6, 6.07) is 5.42. The number of carboxylic acids is 1. The molecule has 0 aliphatic heterocycles. The Balaban J connectivity index is 2.05. The van der Waals surface area contributed by atoms with E-state index in [2.05, 4.69) is 10.6 Å². The molecular weight excluding hydrogens is 352 g/mol. The molecule has 5 N–H and O–H groups in total. The number of fused-ring (bicyclic) bond motifs is 1. The molecule has 0 fully saturated rings. The molecule has 0 saturated carbocycles. The van der Waals surface area contributed by atoms with E-state index < -0.39 is 23.9 Å². The standard InChI is InChI=1S/C18H22N4O5/c1-11(23)13-9-22(15-7-3-2-5-12(13)15)10-16(24)21-14(17(25)26)6-4-8-20-18(19)27/h2-3,5,7,9,14H,4,6,8,10H2,1H3,(H,21,24)(H,25,26)(H3,19,20,27)/t14-/m0/s1. The Morgan fingerprint density at radius 2 is 1.93 bits per heavy atom. The molecule has 27 heavy (non-hydrogen) atoms. The lowest BCUT2D eigenvalue weighted by atomic mass is 10.1. The third-order valence-corrected chi connectivity index (χ3v) is 4.08. The van der Waals surface area contributed by atoms with Gasteiger partial charge in [-0.1, -0.05) is 18.2 Å². The number of hydrogen-bond acceptors (Lipinski definition) is 4. The van der Waals surface area contributed by atoms with Crippen LogP contribution in [0.4, 0.5) is 4.79 Å². The number of carboxylic acid groups (broad SMARTS) is 1. The van der Waals surface area contributed by atoms with E-state index in [1.54, 1.807) is 35.0 Å². The van der Waals surface area contributed by atoms with Crippen LogP contribution >= 0.6 is 0 Å². The molecule has 0 saturated heterocycles. The number of Topliss-reactive ketones (excluding diaryl/α,β-unsaturated/α-hetero) is 1. The number of aromatic nitrogens is 1. The maximum Gasteiger partial charge on any atom is 0.326 e. The molecule has 0 spiro atoms. The van der Waals surface area contributed by atoms with Crippen LogP contribution in [0.3, 0.4) is 0 Å². The molecular formula is C18H22N4O5. The molecule has 0 unspecified atom stereocenters. The Bertz CT molecular complexity index is 874. The van der Waals surface area contributed by atoms with Crippen LogP contribution in [0.25, 0.3) is 10.9 Å². The number of nitrogens with one attached hydrogen (secondary N) is 2. The maximum absolute atomic E-state index is 12.3. The van der Waals surface area contributed by atoms with Gasteiger partial charge in [-0.05, 0) is 25.8 Å². The highest BCUT2D eigenvalue weighted by Crippen LogP contribution is 2.21. The zero-order valence-corrected chi connectivity index (χ0v) is 14.9. The van der Waals surface area contributed by atoms with E-state index >= 15 is 0 Å². The second-order valence-corrected chi connectivity index (χ2v) is 6.14. The second kappa shape index (κ2) is 8.84. The first-order chi connectivity index (χ1) is 12.8. The summed E-state index contributed by atoms with van der Waals surface area (Å²) in [5.41, 5.74) is 6.16.